The summed E-state index contributed by atoms with van der Waals surface area (Å²) in [7, 11) is 3.06. The van der Waals surface area contributed by atoms with E-state index in [4.69, 9.17) is 24.7 Å². The number of ether oxygens (including phenoxy) is 4. The Hall–Kier alpha value is -3.88. The molecule has 152 valence electrons. The quantitative estimate of drug-likeness (QED) is 0.372. The highest BCUT2D eigenvalue weighted by molar-refractivity contribution is 5.94. The maximum atomic E-state index is 11.5. The zero-order valence-electron chi connectivity index (χ0n) is 16.4. The molecule has 0 radical (unpaired) electrons. The Morgan fingerprint density at radius 1 is 1.14 bits per heavy atom. The molecule has 1 heterocycles. The van der Waals surface area contributed by atoms with Gasteiger partial charge in [-0.3, -0.25) is 10.2 Å². The van der Waals surface area contributed by atoms with Crippen LogP contribution in [0.3, 0.4) is 0 Å². The van der Waals surface area contributed by atoms with Crippen molar-refractivity contribution in [2.75, 3.05) is 26.3 Å². The molecule has 9 heteroatoms. The molecule has 0 saturated heterocycles. The van der Waals surface area contributed by atoms with Crippen molar-refractivity contribution in [2.45, 2.75) is 6.92 Å². The Labute approximate surface area is 168 Å². The normalized spacial score (nSPS) is 12.7. The fraction of sp³-hybridized carbons (Fsp3) is 0.200. The fourth-order valence-electron chi connectivity index (χ4n) is 2.94. The molecule has 3 rings (SSSR count). The van der Waals surface area contributed by atoms with Crippen molar-refractivity contribution in [1.82, 2.24) is 5.43 Å². The van der Waals surface area contributed by atoms with E-state index in [0.29, 0.717) is 51.2 Å². The van der Waals surface area contributed by atoms with Gasteiger partial charge in [0.1, 0.15) is 5.75 Å². The van der Waals surface area contributed by atoms with Gasteiger partial charge < -0.3 is 30.0 Å². The summed E-state index contributed by atoms with van der Waals surface area (Å²) in [5.74, 6) is 1.84. The molecule has 0 fully saturated rings. The topological polar surface area (TPSA) is 116 Å². The van der Waals surface area contributed by atoms with Crippen molar-refractivity contribution in [3.05, 3.63) is 41.5 Å². The molecule has 0 saturated carbocycles. The van der Waals surface area contributed by atoms with E-state index in [1.54, 1.807) is 30.3 Å². The molecule has 0 atom stereocenters. The summed E-state index contributed by atoms with van der Waals surface area (Å²) < 4.78 is 21.6. The Balaban J connectivity index is 2.13. The van der Waals surface area contributed by atoms with E-state index in [2.05, 4.69) is 22.6 Å². The van der Waals surface area contributed by atoms with E-state index in [1.165, 1.54) is 21.1 Å². The number of methoxy groups -OCH3 is 2. The summed E-state index contributed by atoms with van der Waals surface area (Å²) in [4.78, 5) is 11.5. The van der Waals surface area contributed by atoms with Gasteiger partial charge in [0.05, 0.1) is 31.3 Å². The van der Waals surface area contributed by atoms with E-state index >= 15 is 0 Å². The van der Waals surface area contributed by atoms with Crippen molar-refractivity contribution in [1.29, 1.82) is 0 Å². The molecule has 2 aromatic rings. The minimum absolute atomic E-state index is 0.108. The van der Waals surface area contributed by atoms with Gasteiger partial charge in [-0.1, -0.05) is 0 Å². The number of hydrogen-bond acceptors (Lipinski definition) is 8. The van der Waals surface area contributed by atoms with Gasteiger partial charge in [0, 0.05) is 24.8 Å². The van der Waals surface area contributed by atoms with Crippen LogP contribution in [-0.2, 0) is 4.79 Å². The third kappa shape index (κ3) is 4.03. The smallest absolute Gasteiger partial charge is 0.231 e. The molecule has 29 heavy (non-hydrogen) atoms. The van der Waals surface area contributed by atoms with Gasteiger partial charge >= 0.3 is 0 Å². The molecule has 0 bridgehead atoms. The number of hydrogen-bond donors (Lipinski definition) is 3. The van der Waals surface area contributed by atoms with E-state index in [-0.39, 0.29) is 12.7 Å². The molecule has 0 aliphatic carbocycles. The third-order valence-corrected chi connectivity index (χ3v) is 4.23. The van der Waals surface area contributed by atoms with Crippen LogP contribution in [0.25, 0.3) is 11.4 Å². The van der Waals surface area contributed by atoms with Crippen LogP contribution in [0, 0.1) is 0 Å². The molecule has 1 aliphatic rings. The van der Waals surface area contributed by atoms with Crippen LogP contribution in [0.5, 0.6) is 23.0 Å². The number of anilines is 1. The van der Waals surface area contributed by atoms with Gasteiger partial charge in [-0.05, 0) is 30.3 Å². The maximum absolute atomic E-state index is 11.5. The zero-order valence-corrected chi connectivity index (χ0v) is 16.4. The minimum atomic E-state index is -0.228. The largest absolute Gasteiger partial charge is 0.495 e. The number of hydrazone groups is 1. The zero-order chi connectivity index (χ0) is 21.0. The van der Waals surface area contributed by atoms with Gasteiger partial charge in [-0.2, -0.15) is 5.10 Å². The summed E-state index contributed by atoms with van der Waals surface area (Å²) in [6, 6.07) is 8.73. The molecule has 1 amide bonds. The first-order chi connectivity index (χ1) is 14.0. The van der Waals surface area contributed by atoms with E-state index in [9.17, 15) is 4.79 Å². The fourth-order valence-corrected chi connectivity index (χ4v) is 2.94. The van der Waals surface area contributed by atoms with Crippen molar-refractivity contribution in [2.24, 2.45) is 10.8 Å². The van der Waals surface area contributed by atoms with Crippen LogP contribution in [-0.4, -0.2) is 33.6 Å². The van der Waals surface area contributed by atoms with Gasteiger partial charge in [0.15, 0.2) is 11.5 Å². The highest BCUT2D eigenvalue weighted by Crippen LogP contribution is 2.43. The molecular weight excluding hydrogens is 376 g/mol. The predicted octanol–water partition coefficient (Wildman–Crippen LogP) is 2.38. The second-order valence-electron chi connectivity index (χ2n) is 6.07. The summed E-state index contributed by atoms with van der Waals surface area (Å²) in [5, 5.41) is 6.50. The van der Waals surface area contributed by atoms with Crippen molar-refractivity contribution in [3.63, 3.8) is 0 Å². The lowest BCUT2D eigenvalue weighted by molar-refractivity contribution is -0.114. The molecule has 0 unspecified atom stereocenters. The third-order valence-electron chi connectivity index (χ3n) is 4.23. The average Bonchev–Trinajstić information content (AvgIpc) is 3.19. The summed E-state index contributed by atoms with van der Waals surface area (Å²) in [6.45, 7) is 5.01. The monoisotopic (exact) mass is 398 g/mol. The standard InChI is InChI=1S/C20H22N4O5/c1-11(25)23-14-7-12(5-6-15(14)26-3)19(24-22-2)18(21)13-8-16(27-4)20-17(9-13)28-10-29-20/h5-9,24H,2,10,21H2,1,3-4H3,(H,23,25)/b19-18-. The lowest BCUT2D eigenvalue weighted by Gasteiger charge is -2.16. The van der Waals surface area contributed by atoms with Crippen LogP contribution in [0.1, 0.15) is 18.1 Å². The highest BCUT2D eigenvalue weighted by Gasteiger charge is 2.22. The lowest BCUT2D eigenvalue weighted by Crippen LogP contribution is -2.13. The number of benzene rings is 2. The van der Waals surface area contributed by atoms with Crippen molar-refractivity contribution >= 4 is 29.7 Å². The van der Waals surface area contributed by atoms with Crippen LogP contribution in [0.4, 0.5) is 5.69 Å². The van der Waals surface area contributed by atoms with Crippen LogP contribution in [0.2, 0.25) is 0 Å². The van der Waals surface area contributed by atoms with E-state index in [0.717, 1.165) is 0 Å². The Morgan fingerprint density at radius 2 is 1.90 bits per heavy atom. The maximum Gasteiger partial charge on any atom is 0.231 e. The summed E-state index contributed by atoms with van der Waals surface area (Å²) >= 11 is 0. The minimum Gasteiger partial charge on any atom is -0.495 e. The molecule has 2 aromatic carbocycles. The Bertz CT molecular complexity index is 987. The lowest BCUT2D eigenvalue weighted by atomic mass is 10.0. The number of nitrogens with zero attached hydrogens (tertiary/aromatic N) is 1. The predicted molar refractivity (Wildman–Crippen MR) is 110 cm³/mol. The number of fused-ring (bicyclic) bond motifs is 1. The molecule has 0 spiro atoms. The summed E-state index contributed by atoms with van der Waals surface area (Å²) in [6.07, 6.45) is 0. The van der Waals surface area contributed by atoms with Crippen LogP contribution >= 0.6 is 0 Å². The van der Waals surface area contributed by atoms with Crippen molar-refractivity contribution < 1.29 is 23.7 Å². The van der Waals surface area contributed by atoms with Crippen molar-refractivity contribution in [3.8, 4) is 23.0 Å². The first-order valence-corrected chi connectivity index (χ1v) is 8.64. The number of carbonyl (C=O) groups is 1. The van der Waals surface area contributed by atoms with Gasteiger partial charge in [-0.15, -0.1) is 0 Å². The molecule has 1 aliphatic heterocycles. The summed E-state index contributed by atoms with van der Waals surface area (Å²) in [5.41, 5.74) is 11.9. The molecule has 0 aromatic heterocycles. The number of rotatable bonds is 7. The van der Waals surface area contributed by atoms with Gasteiger partial charge in [0.2, 0.25) is 18.4 Å². The number of nitrogens with two attached hydrogens (primary N) is 1. The first-order valence-electron chi connectivity index (χ1n) is 8.64. The Kier molecular flexibility index (Phi) is 5.77. The first kappa shape index (κ1) is 19.9. The highest BCUT2D eigenvalue weighted by atomic mass is 16.7. The number of nitrogens with one attached hydrogen (secondary N) is 2. The van der Waals surface area contributed by atoms with E-state index < -0.39 is 0 Å². The number of amides is 1. The van der Waals surface area contributed by atoms with Crippen LogP contribution in [0.15, 0.2) is 35.4 Å². The number of carbonyl (C=O) groups excluding carboxylic acids is 1. The second kappa shape index (κ2) is 8.42. The van der Waals surface area contributed by atoms with Gasteiger partial charge in [0.25, 0.3) is 0 Å². The van der Waals surface area contributed by atoms with Gasteiger partial charge in [-0.25, -0.2) is 0 Å². The molecule has 4 N–H and O–H groups in total. The van der Waals surface area contributed by atoms with Crippen LogP contribution < -0.4 is 35.4 Å². The molecule has 9 nitrogen and oxygen atoms in total. The average molecular weight is 398 g/mol. The Morgan fingerprint density at radius 3 is 2.55 bits per heavy atom. The second-order valence-corrected chi connectivity index (χ2v) is 6.07. The SMILES string of the molecule is C=NN/C(=C(\N)c1cc(OC)c2c(c1)OCO2)c1ccc(OC)c(NC(C)=O)c1. The molecular formula is C20H22N4O5. The van der Waals surface area contributed by atoms with E-state index in [1.807, 2.05) is 0 Å².